The van der Waals surface area contributed by atoms with E-state index in [4.69, 9.17) is 4.74 Å². The Kier molecular flexibility index (Phi) is 2.36. The zero-order valence-corrected chi connectivity index (χ0v) is 7.71. The van der Waals surface area contributed by atoms with Crippen molar-refractivity contribution in [1.29, 1.82) is 0 Å². The Balaban J connectivity index is 2.17. The molecule has 3 nitrogen and oxygen atoms in total. The molecule has 0 saturated carbocycles. The minimum absolute atomic E-state index is 0.243. The van der Waals surface area contributed by atoms with E-state index in [2.05, 4.69) is 22.8 Å². The predicted molar refractivity (Wildman–Crippen MR) is 54.2 cm³/mol. The van der Waals surface area contributed by atoms with Crippen LogP contribution in [0.25, 0.3) is 0 Å². The number of benzene rings is 1. The van der Waals surface area contributed by atoms with Gasteiger partial charge in [-0.15, -0.1) is 0 Å². The molecule has 0 atom stereocenters. The van der Waals surface area contributed by atoms with Gasteiger partial charge in [0, 0.05) is 20.2 Å². The monoisotopic (exact) mass is 178 g/mol. The second-order valence-electron chi connectivity index (χ2n) is 3.17. The highest BCUT2D eigenvalue weighted by atomic mass is 16.5. The standard InChI is InChI=1S/C10H14N2O/c1-13-8-6-11-9-4-2-3-5-10(9)12-7-8/h2-5,8,11-12H,6-7H2,1H3. The maximum atomic E-state index is 5.28. The third-order valence-electron chi connectivity index (χ3n) is 2.30. The molecule has 0 unspecified atom stereocenters. The number of para-hydroxylation sites is 2. The normalized spacial score (nSPS) is 16.7. The van der Waals surface area contributed by atoms with Gasteiger partial charge in [-0.25, -0.2) is 0 Å². The van der Waals surface area contributed by atoms with Gasteiger partial charge in [-0.1, -0.05) is 12.1 Å². The van der Waals surface area contributed by atoms with Crippen LogP contribution in [0.1, 0.15) is 0 Å². The first-order chi connectivity index (χ1) is 6.40. The lowest BCUT2D eigenvalue weighted by Gasteiger charge is -2.11. The molecule has 0 bridgehead atoms. The van der Waals surface area contributed by atoms with Gasteiger partial charge < -0.3 is 15.4 Å². The van der Waals surface area contributed by atoms with E-state index in [0.29, 0.717) is 0 Å². The number of hydrogen-bond donors (Lipinski definition) is 2. The SMILES string of the molecule is COC1CNc2ccccc2NC1. The van der Waals surface area contributed by atoms with Crippen LogP contribution in [0.15, 0.2) is 24.3 Å². The van der Waals surface area contributed by atoms with E-state index in [1.165, 1.54) is 0 Å². The Morgan fingerprint density at radius 3 is 2.15 bits per heavy atom. The zero-order valence-electron chi connectivity index (χ0n) is 7.71. The van der Waals surface area contributed by atoms with Gasteiger partial charge in [0.15, 0.2) is 0 Å². The van der Waals surface area contributed by atoms with Crippen LogP contribution in [0.3, 0.4) is 0 Å². The molecule has 0 fully saturated rings. The minimum atomic E-state index is 0.243. The number of ether oxygens (including phenoxy) is 1. The molecule has 3 heteroatoms. The van der Waals surface area contributed by atoms with Crippen LogP contribution in [0.5, 0.6) is 0 Å². The highest BCUT2D eigenvalue weighted by Gasteiger charge is 2.12. The van der Waals surface area contributed by atoms with Gasteiger partial charge in [0.25, 0.3) is 0 Å². The summed E-state index contributed by atoms with van der Waals surface area (Å²) in [6.07, 6.45) is 0.243. The number of anilines is 2. The molecule has 0 radical (unpaired) electrons. The summed E-state index contributed by atoms with van der Waals surface area (Å²) in [6, 6.07) is 8.20. The molecule has 2 N–H and O–H groups in total. The van der Waals surface area contributed by atoms with E-state index < -0.39 is 0 Å². The maximum Gasteiger partial charge on any atom is 0.0915 e. The average molecular weight is 178 g/mol. The fraction of sp³-hybridized carbons (Fsp3) is 0.400. The first-order valence-electron chi connectivity index (χ1n) is 4.49. The molecule has 0 spiro atoms. The first kappa shape index (κ1) is 8.38. The predicted octanol–water partition coefficient (Wildman–Crippen LogP) is 1.54. The average Bonchev–Trinajstić information content (AvgIpc) is 2.39. The zero-order chi connectivity index (χ0) is 9.10. The maximum absolute atomic E-state index is 5.28. The minimum Gasteiger partial charge on any atom is -0.381 e. The molecule has 13 heavy (non-hydrogen) atoms. The summed E-state index contributed by atoms with van der Waals surface area (Å²) >= 11 is 0. The molecular formula is C10H14N2O. The quantitative estimate of drug-likeness (QED) is 0.684. The number of fused-ring (bicyclic) bond motifs is 1. The van der Waals surface area contributed by atoms with Crippen LogP contribution < -0.4 is 10.6 Å². The van der Waals surface area contributed by atoms with Crippen LogP contribution in [-0.2, 0) is 4.74 Å². The Bertz CT molecular complexity index is 261. The Morgan fingerprint density at radius 2 is 1.69 bits per heavy atom. The van der Waals surface area contributed by atoms with Gasteiger partial charge in [0.2, 0.25) is 0 Å². The third kappa shape index (κ3) is 1.75. The molecular weight excluding hydrogens is 164 g/mol. The molecule has 2 rings (SSSR count). The summed E-state index contributed by atoms with van der Waals surface area (Å²) < 4.78 is 5.28. The van der Waals surface area contributed by atoms with Gasteiger partial charge in [-0.2, -0.15) is 0 Å². The summed E-state index contributed by atoms with van der Waals surface area (Å²) in [5, 5.41) is 6.68. The van der Waals surface area contributed by atoms with E-state index in [1.54, 1.807) is 7.11 Å². The molecule has 1 aliphatic heterocycles. The van der Waals surface area contributed by atoms with Crippen molar-refractivity contribution in [2.45, 2.75) is 6.10 Å². The van der Waals surface area contributed by atoms with E-state index in [0.717, 1.165) is 24.5 Å². The first-order valence-corrected chi connectivity index (χ1v) is 4.49. The van der Waals surface area contributed by atoms with Crippen molar-refractivity contribution in [2.24, 2.45) is 0 Å². The smallest absolute Gasteiger partial charge is 0.0915 e. The number of rotatable bonds is 1. The highest BCUT2D eigenvalue weighted by Crippen LogP contribution is 2.22. The lowest BCUT2D eigenvalue weighted by atomic mass is 10.3. The van der Waals surface area contributed by atoms with Crippen LogP contribution in [0.4, 0.5) is 11.4 Å². The van der Waals surface area contributed by atoms with Crippen molar-refractivity contribution < 1.29 is 4.74 Å². The number of hydrogen-bond acceptors (Lipinski definition) is 3. The second kappa shape index (κ2) is 3.66. The summed E-state index contributed by atoms with van der Waals surface area (Å²) in [4.78, 5) is 0. The Hall–Kier alpha value is -1.22. The number of nitrogens with one attached hydrogen (secondary N) is 2. The largest absolute Gasteiger partial charge is 0.381 e. The molecule has 0 aliphatic carbocycles. The summed E-state index contributed by atoms with van der Waals surface area (Å²) in [6.45, 7) is 1.72. The van der Waals surface area contributed by atoms with Crippen molar-refractivity contribution in [2.75, 3.05) is 30.8 Å². The summed E-state index contributed by atoms with van der Waals surface area (Å²) in [5.74, 6) is 0. The van der Waals surface area contributed by atoms with Crippen LogP contribution in [0, 0.1) is 0 Å². The summed E-state index contributed by atoms with van der Waals surface area (Å²) in [5.41, 5.74) is 2.31. The number of methoxy groups -OCH3 is 1. The molecule has 0 aromatic heterocycles. The molecule has 1 aromatic rings. The fourth-order valence-corrected chi connectivity index (χ4v) is 1.48. The molecule has 0 saturated heterocycles. The Labute approximate surface area is 78.1 Å². The highest BCUT2D eigenvalue weighted by molar-refractivity contribution is 5.69. The molecule has 70 valence electrons. The molecule has 1 heterocycles. The fourth-order valence-electron chi connectivity index (χ4n) is 1.48. The third-order valence-corrected chi connectivity index (χ3v) is 2.30. The van der Waals surface area contributed by atoms with Gasteiger partial charge in [0.05, 0.1) is 17.5 Å². The lowest BCUT2D eigenvalue weighted by Crippen LogP contribution is -2.26. The van der Waals surface area contributed by atoms with Gasteiger partial charge in [-0.05, 0) is 12.1 Å². The summed E-state index contributed by atoms with van der Waals surface area (Å²) in [7, 11) is 1.74. The molecule has 1 aromatic carbocycles. The van der Waals surface area contributed by atoms with Crippen LogP contribution in [-0.4, -0.2) is 26.3 Å². The topological polar surface area (TPSA) is 33.3 Å². The Morgan fingerprint density at radius 1 is 1.15 bits per heavy atom. The van der Waals surface area contributed by atoms with Gasteiger partial charge >= 0.3 is 0 Å². The van der Waals surface area contributed by atoms with E-state index >= 15 is 0 Å². The molecule has 1 aliphatic rings. The van der Waals surface area contributed by atoms with Crippen molar-refractivity contribution in [3.63, 3.8) is 0 Å². The van der Waals surface area contributed by atoms with Gasteiger partial charge in [0.1, 0.15) is 0 Å². The second-order valence-corrected chi connectivity index (χ2v) is 3.17. The van der Waals surface area contributed by atoms with Crippen molar-refractivity contribution in [3.8, 4) is 0 Å². The molecule has 0 amide bonds. The van der Waals surface area contributed by atoms with E-state index in [9.17, 15) is 0 Å². The van der Waals surface area contributed by atoms with Crippen LogP contribution in [0.2, 0.25) is 0 Å². The van der Waals surface area contributed by atoms with Crippen LogP contribution >= 0.6 is 0 Å². The van der Waals surface area contributed by atoms with E-state index in [-0.39, 0.29) is 6.10 Å². The van der Waals surface area contributed by atoms with E-state index in [1.807, 2.05) is 12.1 Å². The van der Waals surface area contributed by atoms with Crippen molar-refractivity contribution in [3.05, 3.63) is 24.3 Å². The van der Waals surface area contributed by atoms with Crippen molar-refractivity contribution >= 4 is 11.4 Å². The van der Waals surface area contributed by atoms with Gasteiger partial charge in [-0.3, -0.25) is 0 Å². The van der Waals surface area contributed by atoms with Crippen molar-refractivity contribution in [1.82, 2.24) is 0 Å². The lowest BCUT2D eigenvalue weighted by molar-refractivity contribution is 0.124.